The van der Waals surface area contributed by atoms with Crippen LogP contribution in [0.4, 0.5) is 13.2 Å². The molecule has 0 bridgehead atoms. The molecule has 1 unspecified atom stereocenters. The molecule has 0 N–H and O–H groups in total. The van der Waals surface area contributed by atoms with Crippen molar-refractivity contribution in [1.82, 2.24) is 4.90 Å². The molecular formula is C14H18F3N. The summed E-state index contributed by atoms with van der Waals surface area (Å²) in [6.45, 7) is 3.98. The smallest absolute Gasteiger partial charge is 0.296 e. The average Bonchev–Trinajstić information content (AvgIpc) is 2.32. The lowest BCUT2D eigenvalue weighted by atomic mass is 10.0. The van der Waals surface area contributed by atoms with Gasteiger partial charge in [-0.3, -0.25) is 4.90 Å². The summed E-state index contributed by atoms with van der Waals surface area (Å²) in [5, 5.41) is 0. The van der Waals surface area contributed by atoms with Crippen molar-refractivity contribution in [3.63, 3.8) is 0 Å². The fourth-order valence-electron chi connectivity index (χ4n) is 2.43. The van der Waals surface area contributed by atoms with Crippen molar-refractivity contribution in [1.29, 1.82) is 0 Å². The van der Waals surface area contributed by atoms with Crippen molar-refractivity contribution in [3.8, 4) is 0 Å². The standard InChI is InChI=1S/C14H18F3N/c1-11-4-2-3-9-18(11)10-12-5-7-13(8-6-12)14(15,16)17/h5-8,11H,2-4,9-10H2,1H3. The highest BCUT2D eigenvalue weighted by Crippen LogP contribution is 2.29. The number of hydrogen-bond donors (Lipinski definition) is 0. The summed E-state index contributed by atoms with van der Waals surface area (Å²) in [5.41, 5.74) is 0.384. The van der Waals surface area contributed by atoms with Gasteiger partial charge in [0.2, 0.25) is 0 Å². The van der Waals surface area contributed by atoms with Crippen LogP contribution in [0.5, 0.6) is 0 Å². The van der Waals surface area contributed by atoms with E-state index in [0.717, 1.165) is 18.7 Å². The molecule has 2 rings (SSSR count). The van der Waals surface area contributed by atoms with Gasteiger partial charge in [-0.2, -0.15) is 13.2 Å². The Kier molecular flexibility index (Phi) is 3.95. The molecule has 1 aliphatic rings. The van der Waals surface area contributed by atoms with Crippen LogP contribution < -0.4 is 0 Å². The number of alkyl halides is 3. The average molecular weight is 257 g/mol. The van der Waals surface area contributed by atoms with E-state index in [1.807, 2.05) is 0 Å². The second-order valence-electron chi connectivity index (χ2n) is 5.01. The molecule has 1 heterocycles. The first-order chi connectivity index (χ1) is 8.47. The first-order valence-electron chi connectivity index (χ1n) is 6.37. The SMILES string of the molecule is CC1CCCCN1Cc1ccc(C(F)(F)F)cc1. The quantitative estimate of drug-likeness (QED) is 0.771. The van der Waals surface area contributed by atoms with Gasteiger partial charge in [0.15, 0.2) is 0 Å². The van der Waals surface area contributed by atoms with Gasteiger partial charge < -0.3 is 0 Å². The van der Waals surface area contributed by atoms with Gasteiger partial charge in [0.25, 0.3) is 0 Å². The highest BCUT2D eigenvalue weighted by Gasteiger charge is 2.30. The van der Waals surface area contributed by atoms with E-state index in [1.54, 1.807) is 12.1 Å². The summed E-state index contributed by atoms with van der Waals surface area (Å²) in [4.78, 5) is 2.34. The van der Waals surface area contributed by atoms with Gasteiger partial charge in [-0.05, 0) is 44.0 Å². The minimum absolute atomic E-state index is 0.529. The van der Waals surface area contributed by atoms with Gasteiger partial charge in [0.1, 0.15) is 0 Å². The molecule has 1 aromatic rings. The molecule has 4 heteroatoms. The molecule has 1 aromatic carbocycles. The predicted octanol–water partition coefficient (Wildman–Crippen LogP) is 4.08. The minimum Gasteiger partial charge on any atom is -0.296 e. The predicted molar refractivity (Wildman–Crippen MR) is 65.2 cm³/mol. The lowest BCUT2D eigenvalue weighted by molar-refractivity contribution is -0.137. The Hall–Kier alpha value is -1.03. The van der Waals surface area contributed by atoms with Crippen LogP contribution in [-0.2, 0) is 12.7 Å². The Bertz CT molecular complexity index is 383. The number of benzene rings is 1. The maximum atomic E-state index is 12.4. The van der Waals surface area contributed by atoms with E-state index in [2.05, 4.69) is 11.8 Å². The zero-order valence-electron chi connectivity index (χ0n) is 10.5. The van der Waals surface area contributed by atoms with E-state index in [-0.39, 0.29) is 0 Å². The maximum absolute atomic E-state index is 12.4. The fourth-order valence-corrected chi connectivity index (χ4v) is 2.43. The molecule has 0 aliphatic carbocycles. The Morgan fingerprint density at radius 1 is 1.17 bits per heavy atom. The molecule has 1 aliphatic heterocycles. The van der Waals surface area contributed by atoms with E-state index in [4.69, 9.17) is 0 Å². The first-order valence-corrected chi connectivity index (χ1v) is 6.37. The van der Waals surface area contributed by atoms with E-state index >= 15 is 0 Å². The van der Waals surface area contributed by atoms with Crippen molar-refractivity contribution in [2.24, 2.45) is 0 Å². The normalized spacial score (nSPS) is 22.1. The van der Waals surface area contributed by atoms with Crippen molar-refractivity contribution in [3.05, 3.63) is 35.4 Å². The van der Waals surface area contributed by atoms with Crippen molar-refractivity contribution in [2.75, 3.05) is 6.54 Å². The summed E-state index contributed by atoms with van der Waals surface area (Å²) in [5.74, 6) is 0. The highest BCUT2D eigenvalue weighted by atomic mass is 19.4. The molecule has 1 saturated heterocycles. The van der Waals surface area contributed by atoms with Crippen molar-refractivity contribution < 1.29 is 13.2 Å². The number of halogens is 3. The molecule has 0 radical (unpaired) electrons. The molecular weight excluding hydrogens is 239 g/mol. The maximum Gasteiger partial charge on any atom is 0.416 e. The number of piperidine rings is 1. The third-order valence-electron chi connectivity index (χ3n) is 3.61. The first kappa shape index (κ1) is 13.4. The molecule has 1 fully saturated rings. The topological polar surface area (TPSA) is 3.24 Å². The van der Waals surface area contributed by atoms with Crippen LogP contribution in [0.2, 0.25) is 0 Å². The zero-order chi connectivity index (χ0) is 13.2. The number of hydrogen-bond acceptors (Lipinski definition) is 1. The lowest BCUT2D eigenvalue weighted by Gasteiger charge is -2.33. The van der Waals surface area contributed by atoms with E-state index in [0.29, 0.717) is 6.04 Å². The molecule has 0 saturated carbocycles. The van der Waals surface area contributed by atoms with E-state index in [1.165, 1.54) is 31.4 Å². The van der Waals surface area contributed by atoms with Crippen LogP contribution in [-0.4, -0.2) is 17.5 Å². The van der Waals surface area contributed by atoms with Gasteiger partial charge in [0, 0.05) is 12.6 Å². The summed E-state index contributed by atoms with van der Waals surface area (Å²) < 4.78 is 37.3. The second kappa shape index (κ2) is 5.31. The third-order valence-corrected chi connectivity index (χ3v) is 3.61. The van der Waals surface area contributed by atoms with Gasteiger partial charge >= 0.3 is 6.18 Å². The Labute approximate surface area is 106 Å². The van der Waals surface area contributed by atoms with E-state index < -0.39 is 11.7 Å². The number of likely N-dealkylation sites (tertiary alicyclic amines) is 1. The van der Waals surface area contributed by atoms with Gasteiger partial charge in [0.05, 0.1) is 5.56 Å². The van der Waals surface area contributed by atoms with Crippen LogP contribution in [0, 0.1) is 0 Å². The van der Waals surface area contributed by atoms with E-state index in [9.17, 15) is 13.2 Å². The van der Waals surface area contributed by atoms with Gasteiger partial charge in [-0.15, -0.1) is 0 Å². The number of nitrogens with zero attached hydrogens (tertiary/aromatic N) is 1. The summed E-state index contributed by atoms with van der Waals surface area (Å²) >= 11 is 0. The summed E-state index contributed by atoms with van der Waals surface area (Å²) in [6.07, 6.45) is -0.618. The fraction of sp³-hybridized carbons (Fsp3) is 0.571. The number of rotatable bonds is 2. The molecule has 18 heavy (non-hydrogen) atoms. The molecule has 100 valence electrons. The minimum atomic E-state index is -4.24. The largest absolute Gasteiger partial charge is 0.416 e. The van der Waals surface area contributed by atoms with Crippen molar-refractivity contribution >= 4 is 0 Å². The van der Waals surface area contributed by atoms with Crippen LogP contribution in [0.25, 0.3) is 0 Å². The van der Waals surface area contributed by atoms with Crippen LogP contribution in [0.15, 0.2) is 24.3 Å². The van der Waals surface area contributed by atoms with Crippen LogP contribution in [0.1, 0.15) is 37.3 Å². The van der Waals surface area contributed by atoms with Crippen molar-refractivity contribution in [2.45, 2.75) is 44.9 Å². The second-order valence-corrected chi connectivity index (χ2v) is 5.01. The summed E-state index contributed by atoms with van der Waals surface area (Å²) in [6, 6.07) is 6.04. The Morgan fingerprint density at radius 3 is 2.39 bits per heavy atom. The van der Waals surface area contributed by atoms with Gasteiger partial charge in [-0.1, -0.05) is 18.6 Å². The van der Waals surface area contributed by atoms with Gasteiger partial charge in [-0.25, -0.2) is 0 Å². The zero-order valence-corrected chi connectivity index (χ0v) is 10.5. The monoisotopic (exact) mass is 257 g/mol. The molecule has 0 amide bonds. The Balaban J connectivity index is 2.02. The molecule has 0 aromatic heterocycles. The van der Waals surface area contributed by atoms with Crippen LogP contribution >= 0.6 is 0 Å². The lowest BCUT2D eigenvalue weighted by Crippen LogP contribution is -2.36. The van der Waals surface area contributed by atoms with Crippen LogP contribution in [0.3, 0.4) is 0 Å². The third kappa shape index (κ3) is 3.25. The highest BCUT2D eigenvalue weighted by molar-refractivity contribution is 5.24. The molecule has 1 nitrogen and oxygen atoms in total. The molecule has 1 atom stereocenters. The molecule has 0 spiro atoms. The summed E-state index contributed by atoms with van der Waals surface area (Å²) in [7, 11) is 0. The Morgan fingerprint density at radius 2 is 1.83 bits per heavy atom.